The largest absolute Gasteiger partial charge is 0.507 e. The van der Waals surface area contributed by atoms with Crippen molar-refractivity contribution in [1.82, 2.24) is 29.9 Å². The van der Waals surface area contributed by atoms with Gasteiger partial charge in [-0.2, -0.15) is 0 Å². The van der Waals surface area contributed by atoms with Gasteiger partial charge in [-0.1, -0.05) is 18.2 Å². The number of anilines is 3. The number of carbonyl (C=O) groups excluding carboxylic acids is 3. The Morgan fingerprint density at radius 3 is 2.49 bits per heavy atom. The predicted octanol–water partition coefficient (Wildman–Crippen LogP) is 6.31. The molecule has 0 unspecified atom stereocenters. The molecule has 0 spiro atoms. The number of ether oxygens (including phenoxy) is 1. The number of carbonyl (C=O) groups is 3. The molecule has 4 amide bonds. The summed E-state index contributed by atoms with van der Waals surface area (Å²) in [6, 6.07) is 20.6. The Morgan fingerprint density at radius 1 is 0.951 bits per heavy atom. The maximum Gasteiger partial charge on any atom is 0.328 e. The van der Waals surface area contributed by atoms with Crippen LogP contribution in [0.1, 0.15) is 71.3 Å². The Hall–Kier alpha value is -6.06. The van der Waals surface area contributed by atoms with Gasteiger partial charge in [0.2, 0.25) is 5.91 Å². The number of fused-ring (bicyclic) bond motifs is 1. The van der Waals surface area contributed by atoms with E-state index in [0.717, 1.165) is 59.2 Å². The van der Waals surface area contributed by atoms with Crippen LogP contribution in [0.5, 0.6) is 5.75 Å². The van der Waals surface area contributed by atoms with Crippen LogP contribution in [0.25, 0.3) is 22.2 Å². The number of piperidine rings is 2. The van der Waals surface area contributed by atoms with Crippen molar-refractivity contribution in [2.75, 3.05) is 74.5 Å². The van der Waals surface area contributed by atoms with Crippen molar-refractivity contribution in [2.45, 2.75) is 63.8 Å². The van der Waals surface area contributed by atoms with Gasteiger partial charge in [0.15, 0.2) is 5.82 Å². The number of nitrogens with two attached hydrogens (primary N) is 1. The Balaban J connectivity index is 0.780. The molecule has 3 aromatic carbocycles. The highest BCUT2D eigenvalue weighted by Gasteiger charge is 2.39. The van der Waals surface area contributed by atoms with Crippen LogP contribution in [-0.4, -0.2) is 112 Å². The lowest BCUT2D eigenvalue weighted by atomic mass is 9.91. The van der Waals surface area contributed by atoms with Crippen molar-refractivity contribution in [3.05, 3.63) is 95.2 Å². The minimum absolute atomic E-state index is 0.0911. The van der Waals surface area contributed by atoms with Gasteiger partial charge in [0.05, 0.1) is 18.0 Å². The van der Waals surface area contributed by atoms with Crippen LogP contribution >= 0.6 is 0 Å². The summed E-state index contributed by atoms with van der Waals surface area (Å²) in [6.07, 6.45) is 4.53. The number of nitrogens with zero attached hydrogens (tertiary/aromatic N) is 7. The minimum atomic E-state index is -1.36. The van der Waals surface area contributed by atoms with Gasteiger partial charge >= 0.3 is 6.03 Å². The number of aryl methyl sites for hydroxylation is 2. The zero-order valence-electron chi connectivity index (χ0n) is 34.6. The van der Waals surface area contributed by atoms with E-state index in [1.54, 1.807) is 28.0 Å². The fourth-order valence-corrected chi connectivity index (χ4v) is 9.68. The van der Waals surface area contributed by atoms with Crippen molar-refractivity contribution in [3.63, 3.8) is 0 Å². The number of nitrogen functional groups attached to an aromatic ring is 1. The number of imide groups is 1. The number of amides is 4. The number of nitrogens with one attached hydrogen (secondary N) is 1. The van der Waals surface area contributed by atoms with Crippen LogP contribution in [0.2, 0.25) is 0 Å². The average Bonchev–Trinajstić information content (AvgIpc) is 3.70. The molecular weight excluding hydrogens is 778 g/mol. The topological polar surface area (TPSA) is 162 Å². The molecule has 0 saturated carbocycles. The molecule has 9 rings (SSSR count). The maximum absolute atomic E-state index is 16.4. The Morgan fingerprint density at radius 2 is 1.74 bits per heavy atom. The lowest BCUT2D eigenvalue weighted by molar-refractivity contribution is -0.120. The summed E-state index contributed by atoms with van der Waals surface area (Å²) in [5.41, 5.74) is 12.2. The zero-order valence-corrected chi connectivity index (χ0v) is 34.6. The maximum atomic E-state index is 16.4. The van der Waals surface area contributed by atoms with Gasteiger partial charge in [-0.15, -0.1) is 10.2 Å². The summed E-state index contributed by atoms with van der Waals surface area (Å²) in [4.78, 5) is 45.7. The monoisotopic (exact) mass is 829 g/mol. The molecule has 14 nitrogen and oxygen atoms in total. The number of urea groups is 1. The van der Waals surface area contributed by atoms with Crippen molar-refractivity contribution >= 4 is 45.9 Å². The lowest BCUT2D eigenvalue weighted by Gasteiger charge is -2.41. The van der Waals surface area contributed by atoms with Crippen LogP contribution in [0.3, 0.4) is 0 Å². The second kappa shape index (κ2) is 16.4. The van der Waals surface area contributed by atoms with Crippen LogP contribution in [-0.2, 0) is 9.53 Å². The number of phenolic OH excluding ortho intramolecular Hbond substituents is 1. The summed E-state index contributed by atoms with van der Waals surface area (Å²) >= 11 is 0. The number of hydrogen-bond acceptors (Lipinski definition) is 10. The van der Waals surface area contributed by atoms with E-state index in [-0.39, 0.29) is 42.2 Å². The lowest BCUT2D eigenvalue weighted by Crippen LogP contribution is -2.51. The van der Waals surface area contributed by atoms with Gasteiger partial charge in [-0.25, -0.2) is 9.18 Å². The molecule has 4 fully saturated rings. The van der Waals surface area contributed by atoms with Crippen LogP contribution in [0, 0.1) is 13.8 Å². The number of rotatable bonds is 8. The van der Waals surface area contributed by atoms with E-state index in [4.69, 9.17) is 10.5 Å². The molecule has 4 saturated heterocycles. The Kier molecular flexibility index (Phi) is 10.9. The quantitative estimate of drug-likeness (QED) is 0.162. The number of benzene rings is 3. The van der Waals surface area contributed by atoms with Crippen LogP contribution in [0.4, 0.5) is 26.4 Å². The summed E-state index contributed by atoms with van der Waals surface area (Å²) in [5, 5.41) is 22.3. The van der Waals surface area contributed by atoms with Gasteiger partial charge in [-0.05, 0) is 91.9 Å². The second-order valence-corrected chi connectivity index (χ2v) is 17.0. The van der Waals surface area contributed by atoms with Crippen LogP contribution < -0.4 is 20.9 Å². The molecule has 6 heterocycles. The Bertz CT molecular complexity index is 2490. The molecule has 61 heavy (non-hydrogen) atoms. The van der Waals surface area contributed by atoms with Crippen molar-refractivity contribution < 1.29 is 28.6 Å². The number of phenols is 1. The van der Waals surface area contributed by atoms with Gasteiger partial charge in [0.1, 0.15) is 17.5 Å². The molecule has 4 N–H and O–H groups in total. The van der Waals surface area contributed by atoms with E-state index < -0.39 is 5.67 Å². The third kappa shape index (κ3) is 7.99. The van der Waals surface area contributed by atoms with E-state index in [1.165, 1.54) is 0 Å². The normalized spacial score (nSPS) is 20.3. The van der Waals surface area contributed by atoms with E-state index in [2.05, 4.69) is 48.2 Å². The Labute approximate surface area is 354 Å². The first-order valence-corrected chi connectivity index (χ1v) is 21.3. The van der Waals surface area contributed by atoms with Gasteiger partial charge < -0.3 is 34.8 Å². The minimum Gasteiger partial charge on any atom is -0.507 e. The highest BCUT2D eigenvalue weighted by atomic mass is 19.1. The van der Waals surface area contributed by atoms with Crippen molar-refractivity contribution in [3.8, 4) is 17.0 Å². The summed E-state index contributed by atoms with van der Waals surface area (Å²) in [7, 11) is 0. The van der Waals surface area contributed by atoms with E-state index in [9.17, 15) is 19.5 Å². The predicted molar refractivity (Wildman–Crippen MR) is 231 cm³/mol. The second-order valence-electron chi connectivity index (χ2n) is 17.0. The molecule has 1 atom stereocenters. The van der Waals surface area contributed by atoms with Gasteiger partial charge in [0, 0.05) is 112 Å². The third-order valence-corrected chi connectivity index (χ3v) is 13.1. The van der Waals surface area contributed by atoms with Crippen LogP contribution in [0.15, 0.2) is 72.9 Å². The summed E-state index contributed by atoms with van der Waals surface area (Å²) in [6.45, 7) is 8.62. The first-order chi connectivity index (χ1) is 29.4. The fourth-order valence-electron chi connectivity index (χ4n) is 9.68. The van der Waals surface area contributed by atoms with Crippen molar-refractivity contribution in [1.29, 1.82) is 0 Å². The molecule has 4 aliphatic heterocycles. The molecule has 4 aliphatic rings. The third-order valence-electron chi connectivity index (χ3n) is 13.1. The SMILES string of the molecule is Cc1cc(C(=O)N2CCC(F)(CN3CCC(n4ccc5c(C)c(N6CCC(=O)NC6=O)ccc54)CC3)CC2)ccc1[C@H]1CN(c2cc(-c3ccccc3O)nnc2N)CCO1. The summed E-state index contributed by atoms with van der Waals surface area (Å²) in [5.74, 6) is 0.0665. The van der Waals surface area contributed by atoms with E-state index in [0.29, 0.717) is 87.0 Å². The first-order valence-electron chi connectivity index (χ1n) is 21.3. The average molecular weight is 830 g/mol. The first kappa shape index (κ1) is 40.4. The van der Waals surface area contributed by atoms with Crippen molar-refractivity contribution in [2.24, 2.45) is 0 Å². The number of morpholine rings is 1. The summed E-state index contributed by atoms with van der Waals surface area (Å²) < 4.78 is 24.9. The molecule has 15 heteroatoms. The van der Waals surface area contributed by atoms with E-state index >= 15 is 4.39 Å². The van der Waals surface area contributed by atoms with E-state index in [1.807, 2.05) is 50.2 Å². The van der Waals surface area contributed by atoms with Gasteiger partial charge in [-0.3, -0.25) is 19.8 Å². The smallest absolute Gasteiger partial charge is 0.328 e. The number of aromatic hydroxyl groups is 1. The molecule has 2 aromatic heterocycles. The number of likely N-dealkylation sites (tertiary alicyclic amines) is 2. The highest BCUT2D eigenvalue weighted by Crippen LogP contribution is 2.37. The number of para-hydroxylation sites is 1. The molecule has 5 aromatic rings. The number of halogens is 1. The zero-order chi connectivity index (χ0) is 42.4. The number of hydrogen-bond donors (Lipinski definition) is 3. The number of alkyl halides is 1. The fraction of sp³-hybridized carbons (Fsp3) is 0.413. The number of aromatic nitrogens is 3. The standard InChI is InChI=1S/C46H52FN9O5/c1-29-25-31(7-8-33(29)41-27-54(23-24-61-41)39-26-36(50-51-43(39)48)35-5-3-4-6-40(35)57)44(59)53-21-15-46(47,16-22-53)28-52-17-11-32(12-18-52)55-19-13-34-30(2)37(9-10-38(34)55)56-20-14-42(58)49-45(56)60/h3-10,13,19,25-26,32,41,57H,11-12,14-18,20-24,27-28H2,1-2H3,(H2,48,51)(H,49,58,60)/t41-/m1/s1. The molecule has 0 radical (unpaired) electrons. The molecule has 0 aliphatic carbocycles. The molecular formula is C46H52FN9O5. The van der Waals surface area contributed by atoms with Gasteiger partial charge in [0.25, 0.3) is 5.91 Å². The highest BCUT2D eigenvalue weighted by molar-refractivity contribution is 6.07. The molecule has 0 bridgehead atoms. The molecule has 318 valence electrons.